The highest BCUT2D eigenvalue weighted by molar-refractivity contribution is 7.09. The van der Waals surface area contributed by atoms with Gasteiger partial charge in [-0.25, -0.2) is 15.0 Å². The summed E-state index contributed by atoms with van der Waals surface area (Å²) in [6.45, 7) is 7.84. The Balaban J connectivity index is 1.83. The van der Waals surface area contributed by atoms with Gasteiger partial charge in [-0.2, -0.15) is 0 Å². The first kappa shape index (κ1) is 14.3. The number of hydrogen-bond donors (Lipinski definition) is 2. The van der Waals surface area contributed by atoms with Crippen molar-refractivity contribution in [3.63, 3.8) is 0 Å². The van der Waals surface area contributed by atoms with Crippen LogP contribution in [0.5, 0.6) is 0 Å². The second-order valence-electron chi connectivity index (χ2n) is 5.42. The Bertz CT molecular complexity index is 633. The molecule has 5 nitrogen and oxygen atoms in total. The molecule has 0 bridgehead atoms. The molecule has 1 fully saturated rings. The molecule has 2 aromatic rings. The van der Waals surface area contributed by atoms with Gasteiger partial charge in [0.1, 0.15) is 17.5 Å². The zero-order valence-corrected chi connectivity index (χ0v) is 13.5. The number of anilines is 2. The van der Waals surface area contributed by atoms with E-state index in [4.69, 9.17) is 4.98 Å². The van der Waals surface area contributed by atoms with Crippen molar-refractivity contribution in [3.05, 3.63) is 27.5 Å². The van der Waals surface area contributed by atoms with E-state index in [1.807, 2.05) is 12.4 Å². The summed E-state index contributed by atoms with van der Waals surface area (Å²) in [6, 6.07) is 0. The first-order chi connectivity index (χ1) is 10.2. The number of rotatable bonds is 6. The molecule has 2 heterocycles. The number of nitrogens with one attached hydrogen (secondary N) is 2. The second-order valence-corrected chi connectivity index (χ2v) is 6.36. The van der Waals surface area contributed by atoms with Crippen molar-refractivity contribution in [2.24, 2.45) is 0 Å². The van der Waals surface area contributed by atoms with Crippen LogP contribution >= 0.6 is 11.3 Å². The highest BCUT2D eigenvalue weighted by Crippen LogP contribution is 2.39. The maximum Gasteiger partial charge on any atom is 0.136 e. The van der Waals surface area contributed by atoms with Crippen LogP contribution in [0.25, 0.3) is 0 Å². The molecule has 1 aliphatic rings. The molecular formula is C15H21N5S. The zero-order chi connectivity index (χ0) is 14.8. The second kappa shape index (κ2) is 5.97. The minimum atomic E-state index is 0.550. The Morgan fingerprint density at radius 3 is 2.48 bits per heavy atom. The lowest BCUT2D eigenvalue weighted by Crippen LogP contribution is -2.11. The van der Waals surface area contributed by atoms with E-state index < -0.39 is 0 Å². The van der Waals surface area contributed by atoms with Crippen LogP contribution in [0.15, 0.2) is 5.51 Å². The summed E-state index contributed by atoms with van der Waals surface area (Å²) in [4.78, 5) is 14.9. The van der Waals surface area contributed by atoms with Crippen molar-refractivity contribution in [2.45, 2.75) is 46.1 Å². The molecule has 0 atom stereocenters. The fourth-order valence-corrected chi connectivity index (χ4v) is 2.95. The highest BCUT2D eigenvalue weighted by Gasteiger charge is 2.28. The Hall–Kier alpha value is -1.69. The number of aromatic nitrogens is 3. The van der Waals surface area contributed by atoms with Gasteiger partial charge in [0.05, 0.1) is 17.7 Å². The lowest BCUT2D eigenvalue weighted by Gasteiger charge is -2.14. The largest absolute Gasteiger partial charge is 0.370 e. The number of aryl methyl sites for hydroxylation is 1. The third-order valence-corrected chi connectivity index (χ3v) is 4.65. The molecule has 0 radical (unpaired) electrons. The van der Waals surface area contributed by atoms with Crippen molar-refractivity contribution in [1.29, 1.82) is 0 Å². The van der Waals surface area contributed by atoms with E-state index in [0.717, 1.165) is 41.8 Å². The van der Waals surface area contributed by atoms with Crippen LogP contribution in [0.4, 0.5) is 11.6 Å². The van der Waals surface area contributed by atoms with Gasteiger partial charge in [0, 0.05) is 22.9 Å². The molecule has 0 saturated heterocycles. The molecule has 0 unspecified atom stereocenters. The van der Waals surface area contributed by atoms with Gasteiger partial charge in [0.15, 0.2) is 0 Å². The summed E-state index contributed by atoms with van der Waals surface area (Å²) in [6.07, 6.45) is 2.42. The van der Waals surface area contributed by atoms with E-state index in [1.54, 1.807) is 11.3 Å². The van der Waals surface area contributed by atoms with Crippen LogP contribution in [-0.4, -0.2) is 21.5 Å². The molecule has 112 valence electrons. The van der Waals surface area contributed by atoms with Gasteiger partial charge in [0.25, 0.3) is 0 Å². The Morgan fingerprint density at radius 2 is 1.90 bits per heavy atom. The summed E-state index contributed by atoms with van der Waals surface area (Å²) >= 11 is 1.68. The number of nitrogens with zero attached hydrogens (tertiary/aromatic N) is 3. The first-order valence-corrected chi connectivity index (χ1v) is 8.32. The van der Waals surface area contributed by atoms with Gasteiger partial charge in [-0.05, 0) is 33.6 Å². The smallest absolute Gasteiger partial charge is 0.136 e. The van der Waals surface area contributed by atoms with Gasteiger partial charge in [-0.15, -0.1) is 11.3 Å². The predicted octanol–water partition coefficient (Wildman–Crippen LogP) is 3.47. The van der Waals surface area contributed by atoms with Gasteiger partial charge in [-0.3, -0.25) is 0 Å². The highest BCUT2D eigenvalue weighted by atomic mass is 32.1. The normalized spacial score (nSPS) is 14.2. The Kier molecular flexibility index (Phi) is 4.05. The summed E-state index contributed by atoms with van der Waals surface area (Å²) in [5.41, 5.74) is 4.07. The van der Waals surface area contributed by atoms with Gasteiger partial charge >= 0.3 is 0 Å². The molecule has 0 aliphatic heterocycles. The number of hydrogen-bond acceptors (Lipinski definition) is 6. The molecule has 21 heavy (non-hydrogen) atoms. The third-order valence-electron chi connectivity index (χ3n) is 3.71. The number of thiazole rings is 1. The summed E-state index contributed by atoms with van der Waals surface area (Å²) < 4.78 is 0. The third kappa shape index (κ3) is 3.15. The SMILES string of the molecule is CCNc1nc(C2CC2)nc(NCc2scnc2C)c1C. The minimum Gasteiger partial charge on any atom is -0.370 e. The van der Waals surface area contributed by atoms with E-state index in [1.165, 1.54) is 17.7 Å². The quantitative estimate of drug-likeness (QED) is 0.855. The average Bonchev–Trinajstić information content (AvgIpc) is 3.24. The fraction of sp³-hybridized carbons (Fsp3) is 0.533. The molecule has 0 spiro atoms. The molecule has 3 rings (SSSR count). The van der Waals surface area contributed by atoms with E-state index in [-0.39, 0.29) is 0 Å². The van der Waals surface area contributed by atoms with Crippen molar-refractivity contribution in [2.75, 3.05) is 17.2 Å². The molecule has 6 heteroatoms. The summed E-state index contributed by atoms with van der Waals surface area (Å²) in [5.74, 6) is 3.42. The standard InChI is InChI=1S/C15H21N5S/c1-4-16-13-9(2)14(20-15(19-13)11-5-6-11)17-7-12-10(3)18-8-21-12/h8,11H,4-7H2,1-3H3,(H2,16,17,19,20). The lowest BCUT2D eigenvalue weighted by atomic mass is 10.2. The molecule has 2 aromatic heterocycles. The van der Waals surface area contributed by atoms with Crippen molar-refractivity contribution >= 4 is 23.0 Å². The minimum absolute atomic E-state index is 0.550. The van der Waals surface area contributed by atoms with Crippen LogP contribution in [0.1, 0.15) is 47.6 Å². The lowest BCUT2D eigenvalue weighted by molar-refractivity contribution is 0.909. The van der Waals surface area contributed by atoms with Crippen molar-refractivity contribution in [3.8, 4) is 0 Å². The molecule has 0 aromatic carbocycles. The summed E-state index contributed by atoms with van der Waals surface area (Å²) in [5, 5.41) is 6.80. The molecule has 1 saturated carbocycles. The van der Waals surface area contributed by atoms with E-state index in [2.05, 4.69) is 34.4 Å². The van der Waals surface area contributed by atoms with Gasteiger partial charge in [-0.1, -0.05) is 0 Å². The van der Waals surface area contributed by atoms with E-state index in [0.29, 0.717) is 5.92 Å². The fourth-order valence-electron chi connectivity index (χ4n) is 2.23. The van der Waals surface area contributed by atoms with E-state index >= 15 is 0 Å². The average molecular weight is 303 g/mol. The molecule has 2 N–H and O–H groups in total. The van der Waals surface area contributed by atoms with Crippen LogP contribution < -0.4 is 10.6 Å². The first-order valence-electron chi connectivity index (χ1n) is 7.44. The van der Waals surface area contributed by atoms with Crippen LogP contribution in [0.3, 0.4) is 0 Å². The van der Waals surface area contributed by atoms with Crippen molar-refractivity contribution < 1.29 is 0 Å². The molecule has 1 aliphatic carbocycles. The van der Waals surface area contributed by atoms with Crippen molar-refractivity contribution in [1.82, 2.24) is 15.0 Å². The summed E-state index contributed by atoms with van der Waals surface area (Å²) in [7, 11) is 0. The van der Waals surface area contributed by atoms with Crippen LogP contribution in [0.2, 0.25) is 0 Å². The molecular weight excluding hydrogens is 282 g/mol. The zero-order valence-electron chi connectivity index (χ0n) is 12.7. The molecule has 0 amide bonds. The van der Waals surface area contributed by atoms with Gasteiger partial charge in [0.2, 0.25) is 0 Å². The van der Waals surface area contributed by atoms with Crippen LogP contribution in [0, 0.1) is 13.8 Å². The maximum atomic E-state index is 4.73. The monoisotopic (exact) mass is 303 g/mol. The Labute approximate surface area is 129 Å². The van der Waals surface area contributed by atoms with E-state index in [9.17, 15) is 0 Å². The topological polar surface area (TPSA) is 62.7 Å². The Morgan fingerprint density at radius 1 is 1.19 bits per heavy atom. The maximum absolute atomic E-state index is 4.73. The predicted molar refractivity (Wildman–Crippen MR) is 87.1 cm³/mol. The van der Waals surface area contributed by atoms with Gasteiger partial charge < -0.3 is 10.6 Å². The van der Waals surface area contributed by atoms with Crippen LogP contribution in [-0.2, 0) is 6.54 Å².